The lowest BCUT2D eigenvalue weighted by Gasteiger charge is -2.32. The van der Waals surface area contributed by atoms with Crippen molar-refractivity contribution in [1.82, 2.24) is 10.2 Å². The average Bonchev–Trinajstić information content (AvgIpc) is 2.38. The topological polar surface area (TPSA) is 24.5 Å². The Morgan fingerprint density at radius 3 is 2.60 bits per heavy atom. The molecule has 0 radical (unpaired) electrons. The third kappa shape index (κ3) is 4.30. The van der Waals surface area contributed by atoms with Crippen LogP contribution in [0.2, 0.25) is 0 Å². The molecule has 1 aliphatic heterocycles. The van der Waals surface area contributed by atoms with Crippen LogP contribution in [0.4, 0.5) is 0 Å². The highest BCUT2D eigenvalue weighted by Crippen LogP contribution is 2.20. The van der Waals surface area contributed by atoms with Gasteiger partial charge in [-0.1, -0.05) is 29.3 Å². The van der Waals surface area contributed by atoms with E-state index in [4.69, 9.17) is 4.74 Å². The van der Waals surface area contributed by atoms with Crippen LogP contribution in [0.5, 0.6) is 0 Å². The molecule has 0 saturated carbocycles. The van der Waals surface area contributed by atoms with Gasteiger partial charge in [-0.05, 0) is 39.8 Å². The zero-order valence-corrected chi connectivity index (χ0v) is 13.3. The smallest absolute Gasteiger partial charge is 0.0674 e. The molecule has 0 spiro atoms. The summed E-state index contributed by atoms with van der Waals surface area (Å²) in [7, 11) is 2.06. The molecule has 0 aliphatic carbocycles. The van der Waals surface area contributed by atoms with E-state index in [0.29, 0.717) is 12.1 Å². The first-order chi connectivity index (χ1) is 9.58. The first kappa shape index (κ1) is 15.5. The van der Waals surface area contributed by atoms with Crippen molar-refractivity contribution in [3.05, 3.63) is 34.9 Å². The highest BCUT2D eigenvalue weighted by molar-refractivity contribution is 5.30. The number of nitrogens with zero attached hydrogens (tertiary/aromatic N) is 1. The van der Waals surface area contributed by atoms with Crippen molar-refractivity contribution in [2.45, 2.75) is 39.3 Å². The zero-order chi connectivity index (χ0) is 14.5. The number of morpholine rings is 1. The molecule has 1 aliphatic rings. The summed E-state index contributed by atoms with van der Waals surface area (Å²) < 4.78 is 5.60. The van der Waals surface area contributed by atoms with Crippen LogP contribution in [0.15, 0.2) is 18.2 Å². The van der Waals surface area contributed by atoms with Gasteiger partial charge in [-0.25, -0.2) is 0 Å². The average molecular weight is 276 g/mol. The van der Waals surface area contributed by atoms with Gasteiger partial charge in [0, 0.05) is 25.7 Å². The third-order valence-corrected chi connectivity index (χ3v) is 4.05. The summed E-state index contributed by atoms with van der Waals surface area (Å²) in [5, 5.41) is 3.47. The first-order valence-electron chi connectivity index (χ1n) is 7.68. The summed E-state index contributed by atoms with van der Waals surface area (Å²) in [5.41, 5.74) is 4.10. The van der Waals surface area contributed by atoms with Crippen LogP contribution in [0.3, 0.4) is 0 Å². The molecule has 112 valence electrons. The Kier molecular flexibility index (Phi) is 5.58. The molecule has 1 N–H and O–H groups in total. The standard InChI is InChI=1S/C17H28N2O/c1-13-9-14(2)11-16(10-13)17(18-4)5-6-19-7-8-20-15(3)12-19/h9-11,15,17-18H,5-8,12H2,1-4H3. The van der Waals surface area contributed by atoms with Crippen molar-refractivity contribution in [3.63, 3.8) is 0 Å². The maximum Gasteiger partial charge on any atom is 0.0674 e. The van der Waals surface area contributed by atoms with Crippen LogP contribution in [-0.2, 0) is 4.74 Å². The summed E-state index contributed by atoms with van der Waals surface area (Å²) in [5.74, 6) is 0. The van der Waals surface area contributed by atoms with Crippen LogP contribution in [0.25, 0.3) is 0 Å². The van der Waals surface area contributed by atoms with Gasteiger partial charge in [0.25, 0.3) is 0 Å². The number of ether oxygens (including phenoxy) is 1. The molecule has 3 heteroatoms. The predicted molar refractivity (Wildman–Crippen MR) is 84.2 cm³/mol. The molecule has 0 amide bonds. The van der Waals surface area contributed by atoms with E-state index in [1.165, 1.54) is 16.7 Å². The molecule has 2 unspecified atom stereocenters. The van der Waals surface area contributed by atoms with Crippen LogP contribution < -0.4 is 5.32 Å². The van der Waals surface area contributed by atoms with Gasteiger partial charge in [-0.2, -0.15) is 0 Å². The van der Waals surface area contributed by atoms with E-state index in [2.05, 4.69) is 56.2 Å². The highest BCUT2D eigenvalue weighted by atomic mass is 16.5. The van der Waals surface area contributed by atoms with Gasteiger partial charge in [0.15, 0.2) is 0 Å². The van der Waals surface area contributed by atoms with Crippen LogP contribution in [-0.4, -0.2) is 44.3 Å². The number of aryl methyl sites for hydroxylation is 2. The summed E-state index contributed by atoms with van der Waals surface area (Å²) in [6, 6.07) is 7.28. The fourth-order valence-corrected chi connectivity index (χ4v) is 3.09. The number of hydrogen-bond acceptors (Lipinski definition) is 3. The van der Waals surface area contributed by atoms with E-state index in [0.717, 1.165) is 32.7 Å². The second kappa shape index (κ2) is 7.21. The van der Waals surface area contributed by atoms with Crippen molar-refractivity contribution in [2.24, 2.45) is 0 Å². The van der Waals surface area contributed by atoms with E-state index in [1.54, 1.807) is 0 Å². The van der Waals surface area contributed by atoms with Crippen molar-refractivity contribution in [1.29, 1.82) is 0 Å². The van der Waals surface area contributed by atoms with Gasteiger partial charge in [-0.15, -0.1) is 0 Å². The van der Waals surface area contributed by atoms with Crippen molar-refractivity contribution in [3.8, 4) is 0 Å². The Hall–Kier alpha value is -0.900. The second-order valence-electron chi connectivity index (χ2n) is 6.03. The molecule has 3 nitrogen and oxygen atoms in total. The second-order valence-corrected chi connectivity index (χ2v) is 6.03. The Bertz CT molecular complexity index is 413. The lowest BCUT2D eigenvalue weighted by molar-refractivity contribution is -0.0191. The molecule has 1 aromatic carbocycles. The van der Waals surface area contributed by atoms with E-state index in [9.17, 15) is 0 Å². The first-order valence-corrected chi connectivity index (χ1v) is 7.68. The van der Waals surface area contributed by atoms with Gasteiger partial charge in [-0.3, -0.25) is 4.90 Å². The number of hydrogen-bond donors (Lipinski definition) is 1. The van der Waals surface area contributed by atoms with Crippen LogP contribution in [0.1, 0.15) is 36.1 Å². The molecule has 20 heavy (non-hydrogen) atoms. The molecule has 0 aromatic heterocycles. The minimum atomic E-state index is 0.373. The minimum absolute atomic E-state index is 0.373. The maximum absolute atomic E-state index is 5.60. The summed E-state index contributed by atoms with van der Waals surface area (Å²) in [4.78, 5) is 2.52. The summed E-state index contributed by atoms with van der Waals surface area (Å²) in [6.07, 6.45) is 1.52. The summed E-state index contributed by atoms with van der Waals surface area (Å²) in [6.45, 7) is 10.6. The van der Waals surface area contributed by atoms with Crippen LogP contribution >= 0.6 is 0 Å². The fourth-order valence-electron chi connectivity index (χ4n) is 3.09. The summed E-state index contributed by atoms with van der Waals surface area (Å²) >= 11 is 0. The molecule has 0 bridgehead atoms. The van der Waals surface area contributed by atoms with Gasteiger partial charge >= 0.3 is 0 Å². The molecule has 1 saturated heterocycles. The molecule has 1 heterocycles. The molecule has 2 atom stereocenters. The third-order valence-electron chi connectivity index (χ3n) is 4.05. The van der Waals surface area contributed by atoms with E-state index < -0.39 is 0 Å². The van der Waals surface area contributed by atoms with Crippen molar-refractivity contribution in [2.75, 3.05) is 33.3 Å². The largest absolute Gasteiger partial charge is 0.376 e. The SMILES string of the molecule is CNC(CCN1CCOC(C)C1)c1cc(C)cc(C)c1. The Labute approximate surface area is 123 Å². The fraction of sp³-hybridized carbons (Fsp3) is 0.647. The molecule has 1 fully saturated rings. The molecular formula is C17H28N2O. The zero-order valence-electron chi connectivity index (χ0n) is 13.3. The van der Waals surface area contributed by atoms with Crippen molar-refractivity contribution < 1.29 is 4.74 Å². The lowest BCUT2D eigenvalue weighted by atomic mass is 9.99. The monoisotopic (exact) mass is 276 g/mol. The Balaban J connectivity index is 1.94. The van der Waals surface area contributed by atoms with E-state index in [-0.39, 0.29) is 0 Å². The minimum Gasteiger partial charge on any atom is -0.376 e. The molecule has 1 aromatic rings. The van der Waals surface area contributed by atoms with Crippen LogP contribution in [0, 0.1) is 13.8 Å². The molecule has 2 rings (SSSR count). The molecular weight excluding hydrogens is 248 g/mol. The number of nitrogens with one attached hydrogen (secondary N) is 1. The lowest BCUT2D eigenvalue weighted by Crippen LogP contribution is -2.42. The predicted octanol–water partition coefficient (Wildman–Crippen LogP) is 2.67. The van der Waals surface area contributed by atoms with Gasteiger partial charge in [0.05, 0.1) is 12.7 Å². The number of rotatable bonds is 5. The quantitative estimate of drug-likeness (QED) is 0.895. The van der Waals surface area contributed by atoms with E-state index in [1.807, 2.05) is 0 Å². The van der Waals surface area contributed by atoms with Gasteiger partial charge in [0.1, 0.15) is 0 Å². The normalized spacial score (nSPS) is 21.9. The Morgan fingerprint density at radius 2 is 2.00 bits per heavy atom. The maximum atomic E-state index is 5.60. The highest BCUT2D eigenvalue weighted by Gasteiger charge is 2.18. The van der Waals surface area contributed by atoms with Gasteiger partial charge in [0.2, 0.25) is 0 Å². The Morgan fingerprint density at radius 1 is 1.30 bits per heavy atom. The van der Waals surface area contributed by atoms with Gasteiger partial charge < -0.3 is 10.1 Å². The van der Waals surface area contributed by atoms with Crippen molar-refractivity contribution >= 4 is 0 Å². The number of benzene rings is 1. The van der Waals surface area contributed by atoms with E-state index >= 15 is 0 Å².